The zero-order valence-electron chi connectivity index (χ0n) is 13.5. The molecular formula is C17H16ClNO5S. The summed E-state index contributed by atoms with van der Waals surface area (Å²) < 4.78 is 27.9. The quantitative estimate of drug-likeness (QED) is 0.804. The maximum Gasteiger partial charge on any atom is 0.338 e. The molecule has 0 fully saturated rings. The van der Waals surface area contributed by atoms with Crippen LogP contribution in [-0.2, 0) is 19.4 Å². The molecular weight excluding hydrogens is 366 g/mol. The van der Waals surface area contributed by atoms with Gasteiger partial charge in [0.05, 0.1) is 10.5 Å². The highest BCUT2D eigenvalue weighted by molar-refractivity contribution is 7.90. The summed E-state index contributed by atoms with van der Waals surface area (Å²) in [4.78, 5) is 24.2. The first-order valence-electron chi connectivity index (χ1n) is 7.24. The van der Waals surface area contributed by atoms with Gasteiger partial charge in [0.2, 0.25) is 0 Å². The lowest BCUT2D eigenvalue weighted by Crippen LogP contribution is -2.30. The molecule has 8 heteroatoms. The predicted octanol–water partition coefficient (Wildman–Crippen LogP) is 2.93. The third-order valence-corrected chi connectivity index (χ3v) is 4.66. The summed E-state index contributed by atoms with van der Waals surface area (Å²) in [7, 11) is -3.35. The first-order chi connectivity index (χ1) is 11.7. The summed E-state index contributed by atoms with van der Waals surface area (Å²) in [6.07, 6.45) is 0.0431. The third-order valence-electron chi connectivity index (χ3n) is 3.28. The minimum absolute atomic E-state index is 0.0950. The minimum Gasteiger partial charge on any atom is -0.449 e. The number of hydrogen-bond acceptors (Lipinski definition) is 5. The number of carbonyl (C=O) groups is 2. The van der Waals surface area contributed by atoms with Crippen LogP contribution in [0, 0.1) is 0 Å². The Morgan fingerprint density at radius 1 is 1.04 bits per heavy atom. The van der Waals surface area contributed by atoms with Gasteiger partial charge in [0.25, 0.3) is 5.91 Å². The van der Waals surface area contributed by atoms with Crippen molar-refractivity contribution in [3.05, 3.63) is 59.1 Å². The molecule has 0 aliphatic rings. The van der Waals surface area contributed by atoms with E-state index in [1.165, 1.54) is 31.2 Å². The van der Waals surface area contributed by atoms with Crippen molar-refractivity contribution < 1.29 is 22.7 Å². The maximum atomic E-state index is 12.0. The first kappa shape index (κ1) is 19.0. The number of ether oxygens (including phenoxy) is 1. The lowest BCUT2D eigenvalue weighted by Gasteiger charge is -2.13. The molecule has 25 heavy (non-hydrogen) atoms. The van der Waals surface area contributed by atoms with Crippen molar-refractivity contribution in [2.24, 2.45) is 0 Å². The van der Waals surface area contributed by atoms with Crippen molar-refractivity contribution in [2.45, 2.75) is 17.9 Å². The number of amides is 1. The van der Waals surface area contributed by atoms with E-state index in [0.29, 0.717) is 10.7 Å². The summed E-state index contributed by atoms with van der Waals surface area (Å²) in [5, 5.41) is 3.14. The number of carbonyl (C=O) groups excluding carboxylic acids is 2. The average molecular weight is 382 g/mol. The molecule has 0 bridgehead atoms. The standard InChI is InChI=1S/C17H16ClNO5S/c1-11(16(20)19-14-7-5-13(18)6-8-14)24-17(21)12-3-9-15(10-4-12)25(2,22)23/h3-11H,1-2H3,(H,19,20)/t11-/m0/s1. The molecule has 0 radical (unpaired) electrons. The fourth-order valence-corrected chi connectivity index (χ4v) is 2.65. The van der Waals surface area contributed by atoms with Crippen LogP contribution in [0.15, 0.2) is 53.4 Å². The van der Waals surface area contributed by atoms with Crippen molar-refractivity contribution in [2.75, 3.05) is 11.6 Å². The second-order valence-electron chi connectivity index (χ2n) is 5.34. The zero-order chi connectivity index (χ0) is 18.6. The van der Waals surface area contributed by atoms with E-state index in [0.717, 1.165) is 6.26 Å². The van der Waals surface area contributed by atoms with E-state index in [-0.39, 0.29) is 10.5 Å². The highest BCUT2D eigenvalue weighted by atomic mass is 35.5. The fraction of sp³-hybridized carbons (Fsp3) is 0.176. The van der Waals surface area contributed by atoms with Gasteiger partial charge in [-0.15, -0.1) is 0 Å². The van der Waals surface area contributed by atoms with E-state index in [1.54, 1.807) is 24.3 Å². The van der Waals surface area contributed by atoms with E-state index in [2.05, 4.69) is 5.32 Å². The van der Waals surface area contributed by atoms with Gasteiger partial charge in [-0.2, -0.15) is 0 Å². The number of anilines is 1. The van der Waals surface area contributed by atoms with Crippen molar-refractivity contribution in [1.82, 2.24) is 0 Å². The lowest BCUT2D eigenvalue weighted by molar-refractivity contribution is -0.123. The fourth-order valence-electron chi connectivity index (χ4n) is 1.90. The van der Waals surface area contributed by atoms with Gasteiger partial charge in [-0.3, -0.25) is 4.79 Å². The molecule has 2 aromatic carbocycles. The van der Waals surface area contributed by atoms with Crippen LogP contribution in [0.3, 0.4) is 0 Å². The number of hydrogen-bond donors (Lipinski definition) is 1. The molecule has 6 nitrogen and oxygen atoms in total. The zero-order valence-corrected chi connectivity index (χ0v) is 15.1. The largest absolute Gasteiger partial charge is 0.449 e. The van der Waals surface area contributed by atoms with E-state index in [9.17, 15) is 18.0 Å². The molecule has 0 heterocycles. The number of benzene rings is 2. The smallest absolute Gasteiger partial charge is 0.338 e. The molecule has 0 aliphatic heterocycles. The molecule has 1 amide bonds. The molecule has 0 unspecified atom stereocenters. The van der Waals surface area contributed by atoms with Gasteiger partial charge in [0.15, 0.2) is 15.9 Å². The minimum atomic E-state index is -3.35. The van der Waals surface area contributed by atoms with Gasteiger partial charge < -0.3 is 10.1 Å². The van der Waals surface area contributed by atoms with E-state index in [1.807, 2.05) is 0 Å². The van der Waals surface area contributed by atoms with Gasteiger partial charge in [0.1, 0.15) is 0 Å². The number of halogens is 1. The molecule has 0 saturated carbocycles. The van der Waals surface area contributed by atoms with Crippen LogP contribution >= 0.6 is 11.6 Å². The summed E-state index contributed by atoms with van der Waals surface area (Å²) in [6, 6.07) is 11.8. The summed E-state index contributed by atoms with van der Waals surface area (Å²) in [6.45, 7) is 1.44. The molecule has 0 saturated heterocycles. The van der Waals surface area contributed by atoms with Crippen LogP contribution in [0.25, 0.3) is 0 Å². The van der Waals surface area contributed by atoms with Crippen molar-refractivity contribution >= 4 is 39.0 Å². The Labute approximate surface area is 150 Å². The van der Waals surface area contributed by atoms with Crippen LogP contribution in [0.5, 0.6) is 0 Å². The van der Waals surface area contributed by atoms with Crippen LogP contribution in [0.4, 0.5) is 5.69 Å². The Hall–Kier alpha value is -2.38. The molecule has 2 rings (SSSR count). The van der Waals surface area contributed by atoms with Gasteiger partial charge in [-0.1, -0.05) is 11.6 Å². The molecule has 1 atom stereocenters. The first-order valence-corrected chi connectivity index (χ1v) is 9.51. The average Bonchev–Trinajstić information content (AvgIpc) is 2.56. The van der Waals surface area contributed by atoms with Gasteiger partial charge in [-0.25, -0.2) is 13.2 Å². The van der Waals surface area contributed by atoms with Crippen LogP contribution in [0.2, 0.25) is 5.02 Å². The lowest BCUT2D eigenvalue weighted by atomic mass is 10.2. The Kier molecular flexibility index (Phi) is 5.81. The Bertz CT molecular complexity index is 876. The molecule has 132 valence electrons. The van der Waals surface area contributed by atoms with Crippen LogP contribution in [0.1, 0.15) is 17.3 Å². The topological polar surface area (TPSA) is 89.5 Å². The molecule has 0 aliphatic carbocycles. The van der Waals surface area contributed by atoms with Crippen molar-refractivity contribution in [3.8, 4) is 0 Å². The third kappa shape index (κ3) is 5.30. The monoisotopic (exact) mass is 381 g/mol. The number of sulfone groups is 1. The Morgan fingerprint density at radius 2 is 1.60 bits per heavy atom. The second-order valence-corrected chi connectivity index (χ2v) is 7.79. The van der Waals surface area contributed by atoms with E-state index < -0.39 is 27.8 Å². The van der Waals surface area contributed by atoms with Gasteiger partial charge in [0, 0.05) is 17.0 Å². The molecule has 2 aromatic rings. The number of nitrogens with one attached hydrogen (secondary N) is 1. The predicted molar refractivity (Wildman–Crippen MR) is 94.5 cm³/mol. The summed E-state index contributed by atoms with van der Waals surface area (Å²) >= 11 is 5.77. The van der Waals surface area contributed by atoms with Crippen LogP contribution < -0.4 is 5.32 Å². The molecule has 1 N–H and O–H groups in total. The van der Waals surface area contributed by atoms with Gasteiger partial charge >= 0.3 is 5.97 Å². The van der Waals surface area contributed by atoms with E-state index in [4.69, 9.17) is 16.3 Å². The number of esters is 1. The SMILES string of the molecule is C[C@H](OC(=O)c1ccc(S(C)(=O)=O)cc1)C(=O)Nc1ccc(Cl)cc1. The summed E-state index contributed by atoms with van der Waals surface area (Å²) in [5.74, 6) is -1.22. The Balaban J connectivity index is 1.99. The van der Waals surface area contributed by atoms with Crippen molar-refractivity contribution in [3.63, 3.8) is 0 Å². The van der Waals surface area contributed by atoms with E-state index >= 15 is 0 Å². The van der Waals surface area contributed by atoms with Crippen LogP contribution in [-0.4, -0.2) is 32.7 Å². The maximum absolute atomic E-state index is 12.0. The van der Waals surface area contributed by atoms with Crippen molar-refractivity contribution in [1.29, 1.82) is 0 Å². The molecule has 0 spiro atoms. The number of rotatable bonds is 5. The second kappa shape index (κ2) is 7.67. The van der Waals surface area contributed by atoms with Gasteiger partial charge in [-0.05, 0) is 55.5 Å². The normalized spacial score (nSPS) is 12.3. The molecule has 0 aromatic heterocycles. The highest BCUT2D eigenvalue weighted by Crippen LogP contribution is 2.15. The Morgan fingerprint density at radius 3 is 2.12 bits per heavy atom. The summed E-state index contributed by atoms with van der Waals surface area (Å²) in [5.41, 5.74) is 0.674. The highest BCUT2D eigenvalue weighted by Gasteiger charge is 2.19.